The topological polar surface area (TPSA) is 29.5 Å². The first kappa shape index (κ1) is 20.7. The maximum Gasteiger partial charge on any atom is 0.410 e. The summed E-state index contributed by atoms with van der Waals surface area (Å²) in [5.74, 6) is 0.0968. The predicted octanol–water partition coefficient (Wildman–Crippen LogP) is 7.33. The van der Waals surface area contributed by atoms with Gasteiger partial charge in [0.05, 0.1) is 6.04 Å². The average molecular weight is 500 g/mol. The first-order chi connectivity index (χ1) is 16.1. The number of carbonyl (C=O) groups is 1. The Labute approximate surface area is 203 Å². The molecule has 0 aromatic heterocycles. The molecule has 2 aliphatic heterocycles. The van der Waals surface area contributed by atoms with Crippen LogP contribution >= 0.6 is 15.9 Å². The number of halogens is 1. The van der Waals surface area contributed by atoms with Crippen LogP contribution in [0.1, 0.15) is 47.4 Å². The van der Waals surface area contributed by atoms with Gasteiger partial charge in [-0.1, -0.05) is 76.6 Å². The molecule has 1 amide bonds. The second kappa shape index (κ2) is 8.18. The Balaban J connectivity index is 1.21. The molecule has 2 bridgehead atoms. The summed E-state index contributed by atoms with van der Waals surface area (Å²) in [6, 6.07) is 23.8. The summed E-state index contributed by atoms with van der Waals surface area (Å²) in [6.45, 7) is 2.50. The highest BCUT2D eigenvalue weighted by Crippen LogP contribution is 2.45. The molecule has 33 heavy (non-hydrogen) atoms. The Morgan fingerprint density at radius 1 is 1.00 bits per heavy atom. The standard InChI is InChI=1S/C29H26BrNO2/c1-18-12-19(14-21(30)13-18)20-15-22-10-11-23(16-20)31(22)29(32)33-17-28-26-8-4-2-6-24(26)25-7-3-5-9-27(25)28/h2-9,12-15,22-23,28H,10-11,16-17H2,1H3. The number of benzene rings is 3. The van der Waals surface area contributed by atoms with E-state index in [2.05, 4.69) is 95.7 Å². The third-order valence-electron chi connectivity index (χ3n) is 7.36. The van der Waals surface area contributed by atoms with Gasteiger partial charge in [0.15, 0.2) is 0 Å². The summed E-state index contributed by atoms with van der Waals surface area (Å²) >= 11 is 3.62. The van der Waals surface area contributed by atoms with E-state index in [1.165, 1.54) is 39.0 Å². The summed E-state index contributed by atoms with van der Waals surface area (Å²) in [5.41, 5.74) is 8.85. The fraction of sp³-hybridized carbons (Fsp3) is 0.276. The van der Waals surface area contributed by atoms with E-state index in [4.69, 9.17) is 4.74 Å². The van der Waals surface area contributed by atoms with E-state index >= 15 is 0 Å². The van der Waals surface area contributed by atoms with Gasteiger partial charge in [-0.05, 0) is 77.3 Å². The van der Waals surface area contributed by atoms with Gasteiger partial charge in [0, 0.05) is 16.4 Å². The number of hydrogen-bond acceptors (Lipinski definition) is 2. The first-order valence-corrected chi connectivity index (χ1v) is 12.5. The van der Waals surface area contributed by atoms with Crippen molar-refractivity contribution < 1.29 is 9.53 Å². The van der Waals surface area contributed by atoms with Crippen LogP contribution in [-0.2, 0) is 4.74 Å². The summed E-state index contributed by atoms with van der Waals surface area (Å²) in [6.07, 6.45) is 5.03. The Kier molecular flexibility index (Phi) is 5.14. The Morgan fingerprint density at radius 2 is 1.70 bits per heavy atom. The molecule has 2 atom stereocenters. The van der Waals surface area contributed by atoms with Crippen LogP contribution in [0.2, 0.25) is 0 Å². The maximum atomic E-state index is 13.3. The van der Waals surface area contributed by atoms with Crippen molar-refractivity contribution in [3.05, 3.63) is 99.5 Å². The lowest BCUT2D eigenvalue weighted by molar-refractivity contribution is 0.0866. The van der Waals surface area contributed by atoms with Crippen molar-refractivity contribution in [3.63, 3.8) is 0 Å². The molecule has 1 fully saturated rings. The Bertz CT molecular complexity index is 1210. The zero-order chi connectivity index (χ0) is 22.5. The number of amides is 1. The molecule has 3 aliphatic rings. The summed E-state index contributed by atoms with van der Waals surface area (Å²) < 4.78 is 7.09. The second-order valence-corrected chi connectivity index (χ2v) is 10.3. The van der Waals surface area contributed by atoms with Gasteiger partial charge in [0.2, 0.25) is 0 Å². The van der Waals surface area contributed by atoms with E-state index in [-0.39, 0.29) is 24.1 Å². The number of ether oxygens (including phenoxy) is 1. The minimum atomic E-state index is -0.176. The predicted molar refractivity (Wildman–Crippen MR) is 135 cm³/mol. The normalized spacial score (nSPS) is 20.9. The molecule has 166 valence electrons. The van der Waals surface area contributed by atoms with Crippen molar-refractivity contribution in [1.82, 2.24) is 4.90 Å². The van der Waals surface area contributed by atoms with Gasteiger partial charge < -0.3 is 4.74 Å². The molecule has 1 saturated heterocycles. The fourth-order valence-electron chi connectivity index (χ4n) is 5.92. The van der Waals surface area contributed by atoms with Crippen LogP contribution in [0.3, 0.4) is 0 Å². The van der Waals surface area contributed by atoms with Gasteiger partial charge in [-0.25, -0.2) is 4.79 Å². The van der Waals surface area contributed by atoms with Gasteiger partial charge in [0.1, 0.15) is 6.61 Å². The number of nitrogens with zero attached hydrogens (tertiary/aromatic N) is 1. The van der Waals surface area contributed by atoms with Gasteiger partial charge in [-0.2, -0.15) is 0 Å². The Morgan fingerprint density at radius 3 is 2.36 bits per heavy atom. The van der Waals surface area contributed by atoms with E-state index < -0.39 is 0 Å². The van der Waals surface area contributed by atoms with Crippen molar-refractivity contribution in [2.24, 2.45) is 0 Å². The van der Waals surface area contributed by atoms with Gasteiger partial charge in [-0.15, -0.1) is 0 Å². The molecule has 3 aromatic rings. The van der Waals surface area contributed by atoms with Crippen LogP contribution < -0.4 is 0 Å². The zero-order valence-electron chi connectivity index (χ0n) is 18.6. The molecule has 2 heterocycles. The van der Waals surface area contributed by atoms with Crippen LogP contribution in [0, 0.1) is 6.92 Å². The third kappa shape index (κ3) is 3.61. The molecule has 2 unspecified atom stereocenters. The van der Waals surface area contributed by atoms with Crippen LogP contribution in [-0.4, -0.2) is 29.7 Å². The van der Waals surface area contributed by atoms with E-state index in [0.717, 1.165) is 23.7 Å². The molecule has 6 rings (SSSR count). The van der Waals surface area contributed by atoms with E-state index in [1.54, 1.807) is 0 Å². The smallest absolute Gasteiger partial charge is 0.410 e. The number of fused-ring (bicyclic) bond motifs is 5. The lowest BCUT2D eigenvalue weighted by Gasteiger charge is -2.33. The molecule has 3 aromatic carbocycles. The molecule has 0 spiro atoms. The average Bonchev–Trinajstić information content (AvgIpc) is 3.27. The molecule has 0 N–H and O–H groups in total. The summed E-state index contributed by atoms with van der Waals surface area (Å²) in [5, 5.41) is 0. The lowest BCUT2D eigenvalue weighted by atomic mass is 9.94. The van der Waals surface area contributed by atoms with Crippen LogP contribution in [0.25, 0.3) is 16.7 Å². The van der Waals surface area contributed by atoms with Crippen molar-refractivity contribution in [3.8, 4) is 11.1 Å². The van der Waals surface area contributed by atoms with Crippen molar-refractivity contribution >= 4 is 27.6 Å². The number of rotatable bonds is 3. The quantitative estimate of drug-likeness (QED) is 0.377. The van der Waals surface area contributed by atoms with Crippen molar-refractivity contribution in [1.29, 1.82) is 0 Å². The van der Waals surface area contributed by atoms with E-state index in [1.807, 2.05) is 4.90 Å². The SMILES string of the molecule is Cc1cc(Br)cc(C2=CC3CCC(C2)N3C(=O)OCC2c3ccccc3-c3ccccc32)c1. The number of aryl methyl sites for hydroxylation is 1. The maximum absolute atomic E-state index is 13.3. The van der Waals surface area contributed by atoms with Crippen LogP contribution in [0.4, 0.5) is 4.79 Å². The minimum Gasteiger partial charge on any atom is -0.448 e. The highest BCUT2D eigenvalue weighted by molar-refractivity contribution is 9.10. The molecule has 0 radical (unpaired) electrons. The molecular weight excluding hydrogens is 474 g/mol. The van der Waals surface area contributed by atoms with E-state index in [0.29, 0.717) is 6.61 Å². The monoisotopic (exact) mass is 499 g/mol. The molecule has 1 aliphatic carbocycles. The first-order valence-electron chi connectivity index (χ1n) is 11.7. The van der Waals surface area contributed by atoms with Crippen molar-refractivity contribution in [2.75, 3.05) is 6.61 Å². The van der Waals surface area contributed by atoms with Gasteiger partial charge >= 0.3 is 6.09 Å². The molecule has 4 heteroatoms. The van der Waals surface area contributed by atoms with Gasteiger partial charge in [0.25, 0.3) is 0 Å². The largest absolute Gasteiger partial charge is 0.448 e. The van der Waals surface area contributed by atoms with Crippen LogP contribution in [0.5, 0.6) is 0 Å². The molecule has 3 nitrogen and oxygen atoms in total. The number of carbonyl (C=O) groups excluding carboxylic acids is 1. The highest BCUT2D eigenvalue weighted by Gasteiger charge is 2.41. The van der Waals surface area contributed by atoms with Crippen LogP contribution in [0.15, 0.2) is 77.3 Å². The summed E-state index contributed by atoms with van der Waals surface area (Å²) in [4.78, 5) is 15.2. The summed E-state index contributed by atoms with van der Waals surface area (Å²) in [7, 11) is 0. The highest BCUT2D eigenvalue weighted by atomic mass is 79.9. The van der Waals surface area contributed by atoms with Crippen molar-refractivity contribution in [2.45, 2.75) is 44.2 Å². The third-order valence-corrected chi connectivity index (χ3v) is 7.81. The fourth-order valence-corrected chi connectivity index (χ4v) is 6.53. The molecular formula is C29H26BrNO2. The van der Waals surface area contributed by atoms with Gasteiger partial charge in [-0.3, -0.25) is 4.90 Å². The Hall–Kier alpha value is -2.85. The second-order valence-electron chi connectivity index (χ2n) is 9.42. The lowest BCUT2D eigenvalue weighted by Crippen LogP contribution is -2.43. The van der Waals surface area contributed by atoms with E-state index in [9.17, 15) is 4.79 Å². The number of hydrogen-bond donors (Lipinski definition) is 0. The minimum absolute atomic E-state index is 0.0968. The zero-order valence-corrected chi connectivity index (χ0v) is 20.2. The molecule has 0 saturated carbocycles.